The van der Waals surface area contributed by atoms with Crippen LogP contribution in [0.4, 0.5) is 19.1 Å². The van der Waals surface area contributed by atoms with Crippen LogP contribution in [0.1, 0.15) is 72.6 Å². The third-order valence-electron chi connectivity index (χ3n) is 7.85. The van der Waals surface area contributed by atoms with Crippen LogP contribution in [0.15, 0.2) is 48.7 Å². The second-order valence-electron chi connectivity index (χ2n) is 10.3. The number of halogens is 3. The van der Waals surface area contributed by atoms with Crippen LogP contribution in [0.3, 0.4) is 0 Å². The predicted octanol–water partition coefficient (Wildman–Crippen LogP) is 5.92. The fourth-order valence-corrected chi connectivity index (χ4v) is 5.61. The molecule has 5 rings (SSSR count). The average Bonchev–Trinajstić information content (AvgIpc) is 3.40. The number of carbonyl (C=O) groups excluding carboxylic acids is 1. The molecule has 1 aliphatic carbocycles. The van der Waals surface area contributed by atoms with Gasteiger partial charge in [-0.3, -0.25) is 4.79 Å². The normalized spacial score (nSPS) is 17.7. The summed E-state index contributed by atoms with van der Waals surface area (Å²) in [5.41, 5.74) is 1.50. The molecule has 3 aromatic rings. The summed E-state index contributed by atoms with van der Waals surface area (Å²) in [6.45, 7) is 3.84. The highest BCUT2D eigenvalue weighted by Crippen LogP contribution is 2.47. The van der Waals surface area contributed by atoms with E-state index >= 15 is 0 Å². The molecule has 5 nitrogen and oxygen atoms in total. The van der Waals surface area contributed by atoms with Gasteiger partial charge < -0.3 is 10.2 Å². The molecule has 37 heavy (non-hydrogen) atoms. The first kappa shape index (κ1) is 25.2. The summed E-state index contributed by atoms with van der Waals surface area (Å²) in [6, 6.07) is 9.73. The van der Waals surface area contributed by atoms with E-state index in [-0.39, 0.29) is 17.9 Å². The summed E-state index contributed by atoms with van der Waals surface area (Å²) in [5.74, 6) is -0.893. The maximum atomic E-state index is 14.2. The van der Waals surface area contributed by atoms with Crippen LogP contribution in [0.5, 0.6) is 0 Å². The molecular weight excluding hydrogens is 477 g/mol. The van der Waals surface area contributed by atoms with Crippen LogP contribution in [-0.2, 0) is 12.0 Å². The molecule has 1 N–H and O–H groups in total. The lowest BCUT2D eigenvalue weighted by molar-refractivity contribution is 0.0947. The molecule has 0 atom stereocenters. The molecule has 1 saturated carbocycles. The number of rotatable bonds is 6. The largest absolute Gasteiger partial charge is 0.348 e. The lowest BCUT2D eigenvalue weighted by atomic mass is 9.74. The highest BCUT2D eigenvalue weighted by Gasteiger charge is 2.42. The molecule has 0 bridgehead atoms. The quantitative estimate of drug-likeness (QED) is 0.449. The van der Waals surface area contributed by atoms with Crippen LogP contribution in [0, 0.1) is 23.4 Å². The molecule has 1 saturated heterocycles. The van der Waals surface area contributed by atoms with Gasteiger partial charge >= 0.3 is 0 Å². The van der Waals surface area contributed by atoms with Gasteiger partial charge in [-0.25, -0.2) is 23.1 Å². The molecule has 1 aromatic heterocycles. The number of hydrogen-bond acceptors (Lipinski definition) is 4. The highest BCUT2D eigenvalue weighted by atomic mass is 19.1. The summed E-state index contributed by atoms with van der Waals surface area (Å²) in [6.07, 6.45) is 7.13. The molecular formula is C29H31F3N4O. The third-order valence-corrected chi connectivity index (χ3v) is 7.85. The van der Waals surface area contributed by atoms with E-state index in [0.717, 1.165) is 69.3 Å². The van der Waals surface area contributed by atoms with Crippen molar-refractivity contribution < 1.29 is 18.0 Å². The molecule has 2 aliphatic rings. The maximum Gasteiger partial charge on any atom is 0.255 e. The Balaban J connectivity index is 1.53. The summed E-state index contributed by atoms with van der Waals surface area (Å²) >= 11 is 0. The second-order valence-corrected chi connectivity index (χ2v) is 10.3. The van der Waals surface area contributed by atoms with E-state index in [1.807, 2.05) is 0 Å². The Labute approximate surface area is 215 Å². The predicted molar refractivity (Wildman–Crippen MR) is 136 cm³/mol. The molecule has 0 radical (unpaired) electrons. The van der Waals surface area contributed by atoms with Crippen molar-refractivity contribution in [3.05, 3.63) is 88.5 Å². The van der Waals surface area contributed by atoms with Gasteiger partial charge in [-0.2, -0.15) is 0 Å². The van der Waals surface area contributed by atoms with Gasteiger partial charge in [0.2, 0.25) is 5.95 Å². The molecule has 2 aromatic carbocycles. The van der Waals surface area contributed by atoms with E-state index < -0.39 is 23.0 Å². The molecule has 0 unspecified atom stereocenters. The van der Waals surface area contributed by atoms with Crippen molar-refractivity contribution in [2.75, 3.05) is 18.0 Å². The van der Waals surface area contributed by atoms with Crippen LogP contribution in [0.25, 0.3) is 0 Å². The first-order valence-electron chi connectivity index (χ1n) is 13.0. The van der Waals surface area contributed by atoms with Crippen molar-refractivity contribution in [2.45, 2.75) is 57.4 Å². The minimum Gasteiger partial charge on any atom is -0.348 e. The Morgan fingerprint density at radius 2 is 1.70 bits per heavy atom. The fourth-order valence-electron chi connectivity index (χ4n) is 5.61. The number of aromatic nitrogens is 2. The van der Waals surface area contributed by atoms with E-state index in [9.17, 15) is 18.0 Å². The summed E-state index contributed by atoms with van der Waals surface area (Å²) in [5, 5.41) is 2.77. The number of piperidine rings is 1. The van der Waals surface area contributed by atoms with Gasteiger partial charge in [-0.1, -0.05) is 38.0 Å². The Bertz CT molecular complexity index is 1270. The van der Waals surface area contributed by atoms with Crippen LogP contribution in [0.2, 0.25) is 0 Å². The summed E-state index contributed by atoms with van der Waals surface area (Å²) in [4.78, 5) is 25.2. The number of nitrogens with one attached hydrogen (secondary N) is 1. The van der Waals surface area contributed by atoms with E-state index in [2.05, 4.69) is 22.1 Å². The number of hydrogen-bond donors (Lipinski definition) is 1. The zero-order valence-corrected chi connectivity index (χ0v) is 20.9. The number of amides is 1. The number of nitrogens with zero attached hydrogens (tertiary/aromatic N) is 3. The van der Waals surface area contributed by atoms with Crippen molar-refractivity contribution in [2.24, 2.45) is 5.92 Å². The minimum atomic E-state index is -0.718. The SMILES string of the molecule is CC1CCN(c2ncc(C(=O)NCc3ccc(F)cc3F)c(C3(c4ccc(F)cc4)CCCC3)n2)CC1. The van der Waals surface area contributed by atoms with Gasteiger partial charge in [0.05, 0.1) is 11.3 Å². The van der Waals surface area contributed by atoms with Crippen LogP contribution in [-0.4, -0.2) is 29.0 Å². The molecule has 8 heteroatoms. The lowest BCUT2D eigenvalue weighted by Crippen LogP contribution is -2.37. The number of carbonyl (C=O) groups is 1. The Morgan fingerprint density at radius 1 is 1.03 bits per heavy atom. The summed E-state index contributed by atoms with van der Waals surface area (Å²) < 4.78 is 41.3. The van der Waals surface area contributed by atoms with Gasteiger partial charge in [0.1, 0.15) is 17.5 Å². The van der Waals surface area contributed by atoms with Crippen LogP contribution < -0.4 is 10.2 Å². The minimum absolute atomic E-state index is 0.0975. The third kappa shape index (κ3) is 5.20. The van der Waals surface area contributed by atoms with Gasteiger partial charge in [-0.05, 0) is 55.4 Å². The summed E-state index contributed by atoms with van der Waals surface area (Å²) in [7, 11) is 0. The lowest BCUT2D eigenvalue weighted by Gasteiger charge is -2.34. The molecule has 0 spiro atoms. The van der Waals surface area contributed by atoms with E-state index in [4.69, 9.17) is 4.98 Å². The number of anilines is 1. The van der Waals surface area contributed by atoms with Gasteiger partial charge in [0.15, 0.2) is 0 Å². The zero-order valence-electron chi connectivity index (χ0n) is 20.9. The van der Waals surface area contributed by atoms with Crippen molar-refractivity contribution in [1.29, 1.82) is 0 Å². The molecule has 1 amide bonds. The maximum absolute atomic E-state index is 14.2. The zero-order chi connectivity index (χ0) is 26.0. The van der Waals surface area contributed by atoms with Gasteiger partial charge in [0.25, 0.3) is 5.91 Å². The Hall–Kier alpha value is -3.42. The Morgan fingerprint density at radius 3 is 2.38 bits per heavy atom. The van der Waals surface area contributed by atoms with Crippen LogP contribution >= 0.6 is 0 Å². The number of benzene rings is 2. The average molecular weight is 509 g/mol. The fraction of sp³-hybridized carbons (Fsp3) is 0.414. The molecule has 1 aliphatic heterocycles. The van der Waals surface area contributed by atoms with Crippen molar-refractivity contribution >= 4 is 11.9 Å². The van der Waals surface area contributed by atoms with E-state index in [1.54, 1.807) is 18.3 Å². The highest BCUT2D eigenvalue weighted by molar-refractivity contribution is 5.95. The standard InChI is InChI=1S/C29H31F3N4O/c1-19-10-14-36(15-11-19)28-34-18-24(27(37)33-17-20-4-7-23(31)16-25(20)32)26(35-28)29(12-2-3-13-29)21-5-8-22(30)9-6-21/h4-9,16,18-19H,2-3,10-15,17H2,1H3,(H,33,37). The van der Waals surface area contributed by atoms with E-state index in [0.29, 0.717) is 23.1 Å². The van der Waals surface area contributed by atoms with Crippen molar-refractivity contribution in [3.63, 3.8) is 0 Å². The second kappa shape index (κ2) is 10.5. The Kier molecular flexibility index (Phi) is 7.17. The van der Waals surface area contributed by atoms with Crippen molar-refractivity contribution in [1.82, 2.24) is 15.3 Å². The van der Waals surface area contributed by atoms with Gasteiger partial charge in [0, 0.05) is 42.9 Å². The first-order chi connectivity index (χ1) is 17.9. The topological polar surface area (TPSA) is 58.1 Å². The van der Waals surface area contributed by atoms with Gasteiger partial charge in [-0.15, -0.1) is 0 Å². The smallest absolute Gasteiger partial charge is 0.255 e. The first-order valence-corrected chi connectivity index (χ1v) is 13.0. The molecule has 2 heterocycles. The molecule has 2 fully saturated rings. The molecule has 194 valence electrons. The van der Waals surface area contributed by atoms with E-state index in [1.165, 1.54) is 18.2 Å². The van der Waals surface area contributed by atoms with Crippen molar-refractivity contribution in [3.8, 4) is 0 Å². The monoisotopic (exact) mass is 508 g/mol.